The SMILES string of the molecule is CCc1cc(C)nc(CC(C)C)c1. The zero-order valence-electron chi connectivity index (χ0n) is 9.09. The van der Waals surface area contributed by atoms with Gasteiger partial charge in [-0.2, -0.15) is 0 Å². The van der Waals surface area contributed by atoms with Gasteiger partial charge in [-0.1, -0.05) is 20.8 Å². The molecule has 0 fully saturated rings. The second-order valence-electron chi connectivity index (χ2n) is 4.06. The Labute approximate surface area is 81.2 Å². The van der Waals surface area contributed by atoms with Crippen LogP contribution >= 0.6 is 0 Å². The topological polar surface area (TPSA) is 12.9 Å². The average Bonchev–Trinajstić information content (AvgIpc) is 2.01. The van der Waals surface area contributed by atoms with Crippen molar-refractivity contribution in [2.24, 2.45) is 5.92 Å². The Kier molecular flexibility index (Phi) is 3.47. The van der Waals surface area contributed by atoms with E-state index in [1.807, 2.05) is 0 Å². The monoisotopic (exact) mass is 177 g/mol. The van der Waals surface area contributed by atoms with Gasteiger partial charge in [-0.25, -0.2) is 0 Å². The molecule has 0 amide bonds. The third kappa shape index (κ3) is 3.17. The minimum Gasteiger partial charge on any atom is -0.258 e. The molecule has 0 saturated heterocycles. The molecule has 72 valence electrons. The van der Waals surface area contributed by atoms with Crippen LogP contribution in [0.3, 0.4) is 0 Å². The molecule has 0 atom stereocenters. The van der Waals surface area contributed by atoms with Crippen LogP contribution in [0, 0.1) is 12.8 Å². The molecule has 0 aliphatic heterocycles. The summed E-state index contributed by atoms with van der Waals surface area (Å²) in [5, 5.41) is 0. The summed E-state index contributed by atoms with van der Waals surface area (Å²) >= 11 is 0. The van der Waals surface area contributed by atoms with Crippen molar-refractivity contribution >= 4 is 0 Å². The van der Waals surface area contributed by atoms with Crippen molar-refractivity contribution in [3.63, 3.8) is 0 Å². The van der Waals surface area contributed by atoms with E-state index >= 15 is 0 Å². The summed E-state index contributed by atoms with van der Waals surface area (Å²) in [6.07, 6.45) is 2.20. The zero-order valence-corrected chi connectivity index (χ0v) is 9.09. The summed E-state index contributed by atoms with van der Waals surface area (Å²) in [6, 6.07) is 4.40. The summed E-state index contributed by atoms with van der Waals surface area (Å²) in [7, 11) is 0. The van der Waals surface area contributed by atoms with Crippen molar-refractivity contribution in [2.75, 3.05) is 0 Å². The molecule has 0 unspecified atom stereocenters. The fourth-order valence-electron chi connectivity index (χ4n) is 1.54. The molecule has 1 aromatic heterocycles. The fourth-order valence-corrected chi connectivity index (χ4v) is 1.54. The Morgan fingerprint density at radius 1 is 1.31 bits per heavy atom. The molecular formula is C12H19N. The van der Waals surface area contributed by atoms with Crippen LogP contribution in [-0.2, 0) is 12.8 Å². The van der Waals surface area contributed by atoms with Gasteiger partial charge in [-0.3, -0.25) is 4.98 Å². The van der Waals surface area contributed by atoms with E-state index in [1.165, 1.54) is 11.3 Å². The molecule has 0 radical (unpaired) electrons. The van der Waals surface area contributed by atoms with Crippen molar-refractivity contribution in [1.29, 1.82) is 0 Å². The number of aryl methyl sites for hydroxylation is 2. The first kappa shape index (κ1) is 10.2. The van der Waals surface area contributed by atoms with E-state index in [-0.39, 0.29) is 0 Å². The van der Waals surface area contributed by atoms with Crippen LogP contribution < -0.4 is 0 Å². The quantitative estimate of drug-likeness (QED) is 0.691. The first-order chi connectivity index (χ1) is 6.11. The molecule has 0 bridgehead atoms. The maximum Gasteiger partial charge on any atom is 0.0412 e. The van der Waals surface area contributed by atoms with Gasteiger partial charge < -0.3 is 0 Å². The molecule has 0 aliphatic rings. The van der Waals surface area contributed by atoms with E-state index in [1.54, 1.807) is 0 Å². The molecule has 1 heterocycles. The van der Waals surface area contributed by atoms with Crippen LogP contribution in [0.1, 0.15) is 37.7 Å². The molecule has 0 N–H and O–H groups in total. The fraction of sp³-hybridized carbons (Fsp3) is 0.583. The van der Waals surface area contributed by atoms with E-state index in [9.17, 15) is 0 Å². The Bertz CT molecular complexity index is 276. The number of pyridine rings is 1. The summed E-state index contributed by atoms with van der Waals surface area (Å²) < 4.78 is 0. The van der Waals surface area contributed by atoms with E-state index < -0.39 is 0 Å². The molecule has 1 aromatic rings. The van der Waals surface area contributed by atoms with Gasteiger partial charge in [0, 0.05) is 11.4 Å². The largest absolute Gasteiger partial charge is 0.258 e. The van der Waals surface area contributed by atoms with Gasteiger partial charge >= 0.3 is 0 Å². The molecule has 0 aliphatic carbocycles. The third-order valence-corrected chi connectivity index (χ3v) is 2.09. The van der Waals surface area contributed by atoms with Crippen LogP contribution in [0.5, 0.6) is 0 Å². The number of aromatic nitrogens is 1. The molecule has 13 heavy (non-hydrogen) atoms. The summed E-state index contributed by atoms with van der Waals surface area (Å²) in [5.74, 6) is 0.694. The summed E-state index contributed by atoms with van der Waals surface area (Å²) in [6.45, 7) is 8.72. The van der Waals surface area contributed by atoms with Gasteiger partial charge in [0.25, 0.3) is 0 Å². The minimum atomic E-state index is 0.694. The smallest absolute Gasteiger partial charge is 0.0412 e. The lowest BCUT2D eigenvalue weighted by molar-refractivity contribution is 0.633. The predicted octanol–water partition coefficient (Wildman–Crippen LogP) is 3.15. The van der Waals surface area contributed by atoms with Crippen molar-refractivity contribution < 1.29 is 0 Å². The van der Waals surface area contributed by atoms with Crippen LogP contribution in [0.15, 0.2) is 12.1 Å². The maximum atomic E-state index is 4.52. The maximum absolute atomic E-state index is 4.52. The lowest BCUT2D eigenvalue weighted by Gasteiger charge is -2.07. The van der Waals surface area contributed by atoms with Crippen molar-refractivity contribution in [3.8, 4) is 0 Å². The number of hydrogen-bond donors (Lipinski definition) is 0. The van der Waals surface area contributed by atoms with Crippen LogP contribution in [0.2, 0.25) is 0 Å². The second-order valence-corrected chi connectivity index (χ2v) is 4.06. The average molecular weight is 177 g/mol. The van der Waals surface area contributed by atoms with Crippen molar-refractivity contribution in [2.45, 2.75) is 40.5 Å². The molecule has 1 heteroatoms. The normalized spacial score (nSPS) is 10.8. The predicted molar refractivity (Wildman–Crippen MR) is 56.9 cm³/mol. The van der Waals surface area contributed by atoms with E-state index in [4.69, 9.17) is 0 Å². The van der Waals surface area contributed by atoms with Gasteiger partial charge in [-0.15, -0.1) is 0 Å². The summed E-state index contributed by atoms with van der Waals surface area (Å²) in [5.41, 5.74) is 3.80. The highest BCUT2D eigenvalue weighted by Crippen LogP contribution is 2.10. The van der Waals surface area contributed by atoms with Crippen LogP contribution in [0.4, 0.5) is 0 Å². The first-order valence-electron chi connectivity index (χ1n) is 5.08. The standard InChI is InChI=1S/C12H19N/c1-5-11-7-10(4)13-12(8-11)6-9(2)3/h7-9H,5-6H2,1-4H3. The van der Waals surface area contributed by atoms with Gasteiger partial charge in [-0.05, 0) is 43.4 Å². The molecule has 0 saturated carbocycles. The molecule has 0 aromatic carbocycles. The first-order valence-corrected chi connectivity index (χ1v) is 5.08. The lowest BCUT2D eigenvalue weighted by Crippen LogP contribution is -2.00. The Balaban J connectivity index is 2.88. The highest BCUT2D eigenvalue weighted by atomic mass is 14.7. The molecular weight excluding hydrogens is 158 g/mol. The minimum absolute atomic E-state index is 0.694. The molecule has 1 nitrogen and oxygen atoms in total. The number of hydrogen-bond acceptors (Lipinski definition) is 1. The molecule has 1 rings (SSSR count). The van der Waals surface area contributed by atoms with Crippen molar-refractivity contribution in [1.82, 2.24) is 4.98 Å². The van der Waals surface area contributed by atoms with Crippen LogP contribution in [0.25, 0.3) is 0 Å². The third-order valence-electron chi connectivity index (χ3n) is 2.09. The zero-order chi connectivity index (χ0) is 9.84. The van der Waals surface area contributed by atoms with Gasteiger partial charge in [0.2, 0.25) is 0 Å². The highest BCUT2D eigenvalue weighted by Gasteiger charge is 2.01. The Morgan fingerprint density at radius 2 is 2.00 bits per heavy atom. The second kappa shape index (κ2) is 4.40. The van der Waals surface area contributed by atoms with Crippen LogP contribution in [-0.4, -0.2) is 4.98 Å². The van der Waals surface area contributed by atoms with Gasteiger partial charge in [0.05, 0.1) is 0 Å². The van der Waals surface area contributed by atoms with E-state index in [0.29, 0.717) is 5.92 Å². The Hall–Kier alpha value is -0.850. The lowest BCUT2D eigenvalue weighted by atomic mass is 10.0. The highest BCUT2D eigenvalue weighted by molar-refractivity contribution is 5.21. The molecule has 0 spiro atoms. The Morgan fingerprint density at radius 3 is 2.54 bits per heavy atom. The van der Waals surface area contributed by atoms with Crippen molar-refractivity contribution in [3.05, 3.63) is 29.1 Å². The van der Waals surface area contributed by atoms with Gasteiger partial charge in [0.15, 0.2) is 0 Å². The number of rotatable bonds is 3. The van der Waals surface area contributed by atoms with E-state index in [2.05, 4.69) is 44.8 Å². The van der Waals surface area contributed by atoms with E-state index in [0.717, 1.165) is 18.5 Å². The number of nitrogens with zero attached hydrogens (tertiary/aromatic N) is 1. The summed E-state index contributed by atoms with van der Waals surface area (Å²) in [4.78, 5) is 4.52. The van der Waals surface area contributed by atoms with Gasteiger partial charge in [0.1, 0.15) is 0 Å².